The molecule has 0 radical (unpaired) electrons. The average Bonchev–Trinajstić information content (AvgIpc) is 3.28. The number of quaternary nitrogens is 1. The lowest BCUT2D eigenvalue weighted by molar-refractivity contribution is -0.870. The zero-order valence-corrected chi connectivity index (χ0v) is 43.0. The molecule has 0 aliphatic carbocycles. The Balaban J connectivity index is 4.35. The van der Waals surface area contributed by atoms with Crippen molar-refractivity contribution in [1.82, 2.24) is 5.32 Å². The summed E-state index contributed by atoms with van der Waals surface area (Å²) in [5.74, 6) is -0.239. The summed E-state index contributed by atoms with van der Waals surface area (Å²) in [4.78, 5) is 23.1. The van der Waals surface area contributed by atoms with Gasteiger partial charge in [-0.05, 0) is 109 Å². The maximum Gasteiger partial charge on any atom is 0.472 e. The molecule has 0 saturated carbocycles. The molecule has 0 aromatic rings. The summed E-state index contributed by atoms with van der Waals surface area (Å²) in [5.41, 5.74) is 0. The minimum absolute atomic E-state index is 0.0385. The fourth-order valence-corrected chi connectivity index (χ4v) is 6.82. The van der Waals surface area contributed by atoms with E-state index in [0.717, 1.165) is 96.3 Å². The van der Waals surface area contributed by atoms with Crippen LogP contribution in [0.3, 0.4) is 0 Å². The SMILES string of the molecule is CC/C=C\C/C=C\C/C=C\C/C=C\C/C=C\C/C=C\C/C=C\C/C=C\C/C=C\C/C=C\CCCCC(=O)NC(COP(=O)(O)OCC[N+](C)(C)C)C(O)/C=C/CC/C=C/CCCCCCC. The van der Waals surface area contributed by atoms with Crippen LogP contribution >= 0.6 is 7.82 Å². The van der Waals surface area contributed by atoms with Crippen molar-refractivity contribution in [1.29, 1.82) is 0 Å². The van der Waals surface area contributed by atoms with Crippen LogP contribution in [0.2, 0.25) is 0 Å². The lowest BCUT2D eigenvalue weighted by Crippen LogP contribution is -2.45. The van der Waals surface area contributed by atoms with E-state index in [1.165, 1.54) is 32.1 Å². The molecule has 0 aliphatic heterocycles. The quantitative estimate of drug-likeness (QED) is 0.0243. The van der Waals surface area contributed by atoms with Gasteiger partial charge in [0, 0.05) is 6.42 Å². The van der Waals surface area contributed by atoms with Crippen molar-refractivity contribution >= 4 is 13.7 Å². The molecule has 1 amide bonds. The average molecular weight is 934 g/mol. The fourth-order valence-electron chi connectivity index (χ4n) is 6.08. The van der Waals surface area contributed by atoms with Gasteiger partial charge in [0.2, 0.25) is 5.91 Å². The van der Waals surface area contributed by atoms with E-state index >= 15 is 0 Å². The molecule has 0 spiro atoms. The van der Waals surface area contributed by atoms with Crippen LogP contribution in [0.4, 0.5) is 0 Å². The van der Waals surface area contributed by atoms with Crippen LogP contribution in [0, 0.1) is 0 Å². The molecule has 0 saturated heterocycles. The Hall–Kier alpha value is -3.62. The Kier molecular flexibility index (Phi) is 43.9. The van der Waals surface area contributed by atoms with Crippen molar-refractivity contribution < 1.29 is 32.9 Å². The molecular formula is C57H94N2O6P+. The molecule has 3 unspecified atom stereocenters. The van der Waals surface area contributed by atoms with E-state index < -0.39 is 20.0 Å². The number of aliphatic hydroxyl groups excluding tert-OH is 1. The number of hydrogen-bond acceptors (Lipinski definition) is 5. The molecule has 372 valence electrons. The Morgan fingerprint density at radius 3 is 1.38 bits per heavy atom. The van der Waals surface area contributed by atoms with Crippen molar-refractivity contribution in [3.63, 3.8) is 0 Å². The predicted molar refractivity (Wildman–Crippen MR) is 285 cm³/mol. The monoisotopic (exact) mass is 934 g/mol. The second kappa shape index (κ2) is 46.5. The molecule has 66 heavy (non-hydrogen) atoms. The Morgan fingerprint density at radius 2 is 0.924 bits per heavy atom. The highest BCUT2D eigenvalue weighted by Crippen LogP contribution is 2.43. The van der Waals surface area contributed by atoms with Gasteiger partial charge in [0.05, 0.1) is 39.9 Å². The molecular weight excluding hydrogens is 840 g/mol. The van der Waals surface area contributed by atoms with Gasteiger partial charge >= 0.3 is 7.82 Å². The van der Waals surface area contributed by atoms with Crippen molar-refractivity contribution in [3.8, 4) is 0 Å². The van der Waals surface area contributed by atoms with E-state index in [2.05, 4.69) is 153 Å². The third kappa shape index (κ3) is 48.3. The molecule has 0 fully saturated rings. The largest absolute Gasteiger partial charge is 0.472 e. The zero-order chi connectivity index (χ0) is 48.5. The van der Waals surface area contributed by atoms with Gasteiger partial charge in [-0.25, -0.2) is 4.57 Å². The normalized spacial score (nSPS) is 15.3. The lowest BCUT2D eigenvalue weighted by atomic mass is 10.1. The van der Waals surface area contributed by atoms with Crippen LogP contribution in [-0.4, -0.2) is 73.4 Å². The van der Waals surface area contributed by atoms with Crippen molar-refractivity contribution in [2.75, 3.05) is 40.9 Å². The van der Waals surface area contributed by atoms with Gasteiger partial charge in [-0.15, -0.1) is 0 Å². The topological polar surface area (TPSA) is 105 Å². The van der Waals surface area contributed by atoms with Gasteiger partial charge in [0.1, 0.15) is 13.2 Å². The highest BCUT2D eigenvalue weighted by molar-refractivity contribution is 7.47. The van der Waals surface area contributed by atoms with Gasteiger partial charge in [-0.2, -0.15) is 0 Å². The first kappa shape index (κ1) is 62.4. The summed E-state index contributed by atoms with van der Waals surface area (Å²) >= 11 is 0. The summed E-state index contributed by atoms with van der Waals surface area (Å²) in [6.07, 6.45) is 72.3. The first-order valence-corrected chi connectivity index (χ1v) is 26.7. The first-order valence-electron chi connectivity index (χ1n) is 25.2. The third-order valence-corrected chi connectivity index (χ3v) is 11.0. The van der Waals surface area contributed by atoms with E-state index in [0.29, 0.717) is 17.4 Å². The smallest absolute Gasteiger partial charge is 0.387 e. The highest BCUT2D eigenvalue weighted by Gasteiger charge is 2.27. The summed E-state index contributed by atoms with van der Waals surface area (Å²) in [6, 6.07) is -0.896. The zero-order valence-electron chi connectivity index (χ0n) is 42.1. The molecule has 0 rings (SSSR count). The number of nitrogens with zero attached hydrogens (tertiary/aromatic N) is 1. The summed E-state index contributed by atoms with van der Waals surface area (Å²) in [7, 11) is 1.50. The van der Waals surface area contributed by atoms with E-state index in [4.69, 9.17) is 9.05 Å². The van der Waals surface area contributed by atoms with E-state index in [9.17, 15) is 19.4 Å². The van der Waals surface area contributed by atoms with Crippen molar-refractivity contribution in [2.45, 2.75) is 167 Å². The standard InChI is InChI=1S/C57H93N2O6P/c1-6-8-10-12-14-16-18-19-20-21-22-23-24-25-26-27-28-29-30-31-32-33-34-35-36-37-38-39-41-43-45-47-49-51-57(61)58-55(54-65-66(62,63)64-53-52-59(3,4)5)56(60)50-48-46-44-42-40-17-15-13-11-9-7-2/h8,10,14,16,19-20,22-23,25-26,28-29,31-32,34-35,37-38,40-43,48,50,55-56,60H,6-7,9,11-13,15,17-18,21,24,27,30,33,36,39,44-47,49,51-54H2,1-5H3,(H-,58,61,62,63)/p+1/b10-8-,16-14-,20-19-,23-22-,26-25-,29-28-,32-31-,35-34-,38-37-,42-40+,43-41-,50-48+. The molecule has 0 bridgehead atoms. The number of unbranched alkanes of at least 4 members (excludes halogenated alkanes) is 8. The van der Waals surface area contributed by atoms with Gasteiger partial charge < -0.3 is 19.8 Å². The number of phosphoric ester groups is 1. The number of aliphatic hydroxyl groups is 1. The fraction of sp³-hybridized carbons (Fsp3) is 0.561. The Morgan fingerprint density at radius 1 is 0.530 bits per heavy atom. The van der Waals surface area contributed by atoms with Gasteiger partial charge in [-0.1, -0.05) is 185 Å². The minimum atomic E-state index is -4.37. The molecule has 0 aromatic carbocycles. The number of rotatable bonds is 43. The van der Waals surface area contributed by atoms with Crippen molar-refractivity contribution in [3.05, 3.63) is 146 Å². The van der Waals surface area contributed by atoms with Crippen molar-refractivity contribution in [2.24, 2.45) is 0 Å². The van der Waals surface area contributed by atoms with E-state index in [1.54, 1.807) is 6.08 Å². The first-order chi connectivity index (χ1) is 32.0. The molecule has 3 N–H and O–H groups in total. The number of allylic oxidation sites excluding steroid dienone is 23. The van der Waals surface area contributed by atoms with Gasteiger partial charge in [-0.3, -0.25) is 13.8 Å². The molecule has 8 nitrogen and oxygen atoms in total. The minimum Gasteiger partial charge on any atom is -0.387 e. The van der Waals surface area contributed by atoms with Crippen LogP contribution in [-0.2, 0) is 18.4 Å². The molecule has 0 aliphatic rings. The Labute approximate surface area is 404 Å². The van der Waals surface area contributed by atoms with Crippen LogP contribution in [0.1, 0.15) is 155 Å². The number of phosphoric acid groups is 1. The second-order valence-electron chi connectivity index (χ2n) is 17.4. The highest BCUT2D eigenvalue weighted by atomic mass is 31.2. The molecule has 0 heterocycles. The lowest BCUT2D eigenvalue weighted by Gasteiger charge is -2.25. The number of likely N-dealkylation sites (N-methyl/N-ethyl adjacent to an activating group) is 1. The molecule has 9 heteroatoms. The number of hydrogen-bond donors (Lipinski definition) is 3. The molecule has 0 aromatic heterocycles. The van der Waals surface area contributed by atoms with Crippen LogP contribution in [0.25, 0.3) is 0 Å². The third-order valence-electron chi connectivity index (χ3n) is 10.0. The number of carbonyl (C=O) groups is 1. The summed E-state index contributed by atoms with van der Waals surface area (Å²) in [6.45, 7) is 4.58. The van der Waals surface area contributed by atoms with E-state index in [-0.39, 0.29) is 25.5 Å². The maximum absolute atomic E-state index is 12.9. The number of nitrogens with one attached hydrogen (secondary N) is 1. The summed E-state index contributed by atoms with van der Waals surface area (Å²) < 4.78 is 23.5. The van der Waals surface area contributed by atoms with Crippen LogP contribution in [0.15, 0.2) is 146 Å². The van der Waals surface area contributed by atoms with Gasteiger partial charge in [0.25, 0.3) is 0 Å². The maximum atomic E-state index is 12.9. The second-order valence-corrected chi connectivity index (χ2v) is 18.9. The van der Waals surface area contributed by atoms with Crippen LogP contribution < -0.4 is 5.32 Å². The van der Waals surface area contributed by atoms with Gasteiger partial charge in [0.15, 0.2) is 0 Å². The Bertz CT molecular complexity index is 1570. The number of carbonyl (C=O) groups excluding carboxylic acids is 1. The van der Waals surface area contributed by atoms with Crippen LogP contribution in [0.5, 0.6) is 0 Å². The molecule has 3 atom stereocenters. The predicted octanol–water partition coefficient (Wildman–Crippen LogP) is 15.0. The van der Waals surface area contributed by atoms with E-state index in [1.807, 2.05) is 27.2 Å². The number of amides is 1. The summed E-state index contributed by atoms with van der Waals surface area (Å²) in [5, 5.41) is 13.8.